The standard InChI is InChI=1S/C19H20N2O4S/c1-12-6-5-7-16(10-12)21-26(22,23)18-11-15(8-9-17(18)24-4)19-13(2)20-25-14(19)3/h5-11,21H,1-4H3. The van der Waals surface area contributed by atoms with Gasteiger partial charge in [0, 0.05) is 11.3 Å². The van der Waals surface area contributed by atoms with Crippen LogP contribution in [0.5, 0.6) is 5.75 Å². The Balaban J connectivity index is 2.09. The van der Waals surface area contributed by atoms with Crippen molar-refractivity contribution in [1.82, 2.24) is 5.16 Å². The number of hydrogen-bond acceptors (Lipinski definition) is 5. The summed E-state index contributed by atoms with van der Waals surface area (Å²) in [6.07, 6.45) is 0. The van der Waals surface area contributed by atoms with Crippen molar-refractivity contribution < 1.29 is 17.7 Å². The number of sulfonamides is 1. The quantitative estimate of drug-likeness (QED) is 0.730. The molecule has 0 bridgehead atoms. The molecule has 0 aliphatic heterocycles. The van der Waals surface area contributed by atoms with E-state index in [0.29, 0.717) is 22.7 Å². The van der Waals surface area contributed by atoms with Crippen LogP contribution in [0.15, 0.2) is 51.9 Å². The lowest BCUT2D eigenvalue weighted by Crippen LogP contribution is -2.14. The Morgan fingerprint density at radius 1 is 1.08 bits per heavy atom. The highest BCUT2D eigenvalue weighted by Gasteiger charge is 2.22. The molecule has 0 atom stereocenters. The van der Waals surface area contributed by atoms with E-state index in [1.54, 1.807) is 43.3 Å². The fourth-order valence-electron chi connectivity index (χ4n) is 2.86. The van der Waals surface area contributed by atoms with Gasteiger partial charge in [0.2, 0.25) is 0 Å². The number of hydrogen-bond donors (Lipinski definition) is 1. The SMILES string of the molecule is COc1ccc(-c2c(C)noc2C)cc1S(=O)(=O)Nc1cccc(C)c1. The van der Waals surface area contributed by atoms with Crippen LogP contribution in [0.4, 0.5) is 5.69 Å². The van der Waals surface area contributed by atoms with Gasteiger partial charge < -0.3 is 9.26 Å². The van der Waals surface area contributed by atoms with Crippen LogP contribution in [0.1, 0.15) is 17.0 Å². The summed E-state index contributed by atoms with van der Waals surface area (Å²) in [6, 6.07) is 12.2. The number of nitrogens with zero attached hydrogens (tertiary/aromatic N) is 1. The molecule has 0 fully saturated rings. The van der Waals surface area contributed by atoms with Crippen LogP contribution in [0.2, 0.25) is 0 Å². The molecular formula is C19H20N2O4S. The van der Waals surface area contributed by atoms with E-state index in [0.717, 1.165) is 11.1 Å². The highest BCUT2D eigenvalue weighted by Crippen LogP contribution is 2.34. The summed E-state index contributed by atoms with van der Waals surface area (Å²) in [4.78, 5) is 0.0546. The fraction of sp³-hybridized carbons (Fsp3) is 0.211. The van der Waals surface area contributed by atoms with Gasteiger partial charge in [-0.05, 0) is 56.2 Å². The molecule has 0 spiro atoms. The molecule has 136 valence electrons. The van der Waals surface area contributed by atoms with Crippen LogP contribution in [-0.4, -0.2) is 20.7 Å². The summed E-state index contributed by atoms with van der Waals surface area (Å²) in [6.45, 7) is 5.50. The number of rotatable bonds is 5. The van der Waals surface area contributed by atoms with Crippen molar-refractivity contribution in [2.45, 2.75) is 25.7 Å². The van der Waals surface area contributed by atoms with E-state index in [9.17, 15) is 8.42 Å². The van der Waals surface area contributed by atoms with Gasteiger partial charge in [-0.3, -0.25) is 4.72 Å². The van der Waals surface area contributed by atoms with Crippen molar-refractivity contribution in [2.75, 3.05) is 11.8 Å². The predicted octanol–water partition coefficient (Wildman–Crippen LogP) is 4.08. The third kappa shape index (κ3) is 3.43. The Morgan fingerprint density at radius 3 is 2.46 bits per heavy atom. The number of benzene rings is 2. The normalized spacial score (nSPS) is 11.4. The molecular weight excluding hydrogens is 352 g/mol. The first-order valence-electron chi connectivity index (χ1n) is 8.02. The molecule has 0 unspecified atom stereocenters. The van der Waals surface area contributed by atoms with E-state index in [1.807, 2.05) is 19.9 Å². The van der Waals surface area contributed by atoms with Gasteiger partial charge in [0.25, 0.3) is 10.0 Å². The minimum Gasteiger partial charge on any atom is -0.495 e. The van der Waals surface area contributed by atoms with Gasteiger partial charge in [0.1, 0.15) is 16.4 Å². The molecule has 0 saturated carbocycles. The van der Waals surface area contributed by atoms with Gasteiger partial charge in [0.05, 0.1) is 12.8 Å². The first-order valence-corrected chi connectivity index (χ1v) is 9.51. The van der Waals surface area contributed by atoms with Gasteiger partial charge >= 0.3 is 0 Å². The Bertz CT molecular complexity index is 1040. The molecule has 0 aliphatic carbocycles. The van der Waals surface area contributed by atoms with Crippen LogP contribution < -0.4 is 9.46 Å². The lowest BCUT2D eigenvalue weighted by molar-refractivity contribution is 0.393. The second-order valence-electron chi connectivity index (χ2n) is 6.04. The lowest BCUT2D eigenvalue weighted by atomic mass is 10.0. The van der Waals surface area contributed by atoms with E-state index in [2.05, 4.69) is 9.88 Å². The summed E-state index contributed by atoms with van der Waals surface area (Å²) < 4.78 is 39.0. The fourth-order valence-corrected chi connectivity index (χ4v) is 4.10. The van der Waals surface area contributed by atoms with E-state index >= 15 is 0 Å². The zero-order valence-electron chi connectivity index (χ0n) is 15.0. The van der Waals surface area contributed by atoms with Gasteiger partial charge in [-0.25, -0.2) is 8.42 Å². The van der Waals surface area contributed by atoms with Gasteiger partial charge in [-0.1, -0.05) is 23.4 Å². The monoisotopic (exact) mass is 372 g/mol. The number of aryl methyl sites for hydroxylation is 3. The van der Waals surface area contributed by atoms with Crippen LogP contribution in [-0.2, 0) is 10.0 Å². The molecule has 1 heterocycles. The predicted molar refractivity (Wildman–Crippen MR) is 100.0 cm³/mol. The van der Waals surface area contributed by atoms with Crippen LogP contribution >= 0.6 is 0 Å². The van der Waals surface area contributed by atoms with Crippen molar-refractivity contribution in [3.63, 3.8) is 0 Å². The summed E-state index contributed by atoms with van der Waals surface area (Å²) in [5.41, 5.74) is 3.63. The van der Waals surface area contributed by atoms with E-state index in [4.69, 9.17) is 9.26 Å². The smallest absolute Gasteiger partial charge is 0.265 e. The summed E-state index contributed by atoms with van der Waals surface area (Å²) in [5, 5.41) is 3.93. The minimum absolute atomic E-state index is 0.0546. The molecule has 1 N–H and O–H groups in total. The topological polar surface area (TPSA) is 81.4 Å². The Kier molecular flexibility index (Phi) is 4.73. The maximum Gasteiger partial charge on any atom is 0.265 e. The maximum atomic E-state index is 13.0. The summed E-state index contributed by atoms with van der Waals surface area (Å²) >= 11 is 0. The van der Waals surface area contributed by atoms with Crippen molar-refractivity contribution in [1.29, 1.82) is 0 Å². The minimum atomic E-state index is -3.84. The Labute approximate surface area is 152 Å². The number of ether oxygens (including phenoxy) is 1. The molecule has 0 amide bonds. The first kappa shape index (κ1) is 18.0. The van der Waals surface area contributed by atoms with Crippen LogP contribution in [0.3, 0.4) is 0 Å². The number of methoxy groups -OCH3 is 1. The van der Waals surface area contributed by atoms with Crippen molar-refractivity contribution >= 4 is 15.7 Å². The molecule has 3 aromatic rings. The molecule has 7 heteroatoms. The third-order valence-corrected chi connectivity index (χ3v) is 5.45. The maximum absolute atomic E-state index is 13.0. The Morgan fingerprint density at radius 2 is 1.85 bits per heavy atom. The molecule has 0 saturated heterocycles. The second kappa shape index (κ2) is 6.84. The van der Waals surface area contributed by atoms with E-state index in [1.165, 1.54) is 7.11 Å². The number of aromatic nitrogens is 1. The summed E-state index contributed by atoms with van der Waals surface area (Å²) in [5.74, 6) is 0.892. The van der Waals surface area contributed by atoms with Gasteiger partial charge in [-0.2, -0.15) is 0 Å². The molecule has 3 rings (SSSR count). The molecule has 2 aromatic carbocycles. The molecule has 1 aromatic heterocycles. The van der Waals surface area contributed by atoms with Crippen molar-refractivity contribution in [3.05, 3.63) is 59.5 Å². The third-order valence-electron chi connectivity index (χ3n) is 4.05. The zero-order chi connectivity index (χ0) is 18.9. The average molecular weight is 372 g/mol. The molecule has 0 radical (unpaired) electrons. The zero-order valence-corrected chi connectivity index (χ0v) is 15.8. The van der Waals surface area contributed by atoms with Crippen molar-refractivity contribution in [2.24, 2.45) is 0 Å². The lowest BCUT2D eigenvalue weighted by Gasteiger charge is -2.13. The highest BCUT2D eigenvalue weighted by molar-refractivity contribution is 7.92. The second-order valence-corrected chi connectivity index (χ2v) is 7.69. The average Bonchev–Trinajstić information content (AvgIpc) is 2.92. The van der Waals surface area contributed by atoms with Gasteiger partial charge in [-0.15, -0.1) is 0 Å². The van der Waals surface area contributed by atoms with Gasteiger partial charge in [0.15, 0.2) is 0 Å². The van der Waals surface area contributed by atoms with Crippen molar-refractivity contribution in [3.8, 4) is 16.9 Å². The number of nitrogens with one attached hydrogen (secondary N) is 1. The first-order chi connectivity index (χ1) is 12.3. The van der Waals surface area contributed by atoms with Crippen LogP contribution in [0.25, 0.3) is 11.1 Å². The highest BCUT2D eigenvalue weighted by atomic mass is 32.2. The molecule has 6 nitrogen and oxygen atoms in total. The molecule has 0 aliphatic rings. The molecule has 26 heavy (non-hydrogen) atoms. The largest absolute Gasteiger partial charge is 0.495 e. The van der Waals surface area contributed by atoms with E-state index < -0.39 is 10.0 Å². The van der Waals surface area contributed by atoms with Crippen LogP contribution in [0, 0.1) is 20.8 Å². The number of anilines is 1. The Hall–Kier alpha value is -2.80. The van der Waals surface area contributed by atoms with E-state index in [-0.39, 0.29) is 10.6 Å². The summed E-state index contributed by atoms with van der Waals surface area (Å²) in [7, 11) is -2.40.